The molecule has 1 aromatic rings. The Balaban J connectivity index is 1.58. The van der Waals surface area contributed by atoms with E-state index in [0.29, 0.717) is 24.2 Å². The summed E-state index contributed by atoms with van der Waals surface area (Å²) in [6.07, 6.45) is 4.47. The van der Waals surface area contributed by atoms with Gasteiger partial charge in [0.25, 0.3) is 0 Å². The summed E-state index contributed by atoms with van der Waals surface area (Å²) in [5.74, 6) is 0.124. The molecule has 1 aliphatic rings. The standard InChI is InChI=1S/C18H22O5/c1-13-12-16(23-17(13)19)6-4-3-5-11-22-15-9-7-14(8-10-15)18(20)21-2/h7-10,16H,1,3-6,11-12H2,2H3. The lowest BCUT2D eigenvalue weighted by Gasteiger charge is -2.09. The van der Waals surface area contributed by atoms with Gasteiger partial charge in [-0.05, 0) is 49.9 Å². The molecule has 0 aliphatic carbocycles. The first-order chi connectivity index (χ1) is 11.1. The van der Waals surface area contributed by atoms with Gasteiger partial charge in [0, 0.05) is 12.0 Å². The fourth-order valence-corrected chi connectivity index (χ4v) is 2.44. The third-order valence-electron chi connectivity index (χ3n) is 3.75. The minimum absolute atomic E-state index is 0.00165. The molecule has 2 rings (SSSR count). The van der Waals surface area contributed by atoms with Gasteiger partial charge in [-0.1, -0.05) is 6.58 Å². The largest absolute Gasteiger partial charge is 0.494 e. The molecule has 0 bridgehead atoms. The van der Waals surface area contributed by atoms with E-state index < -0.39 is 0 Å². The Labute approximate surface area is 136 Å². The summed E-state index contributed by atoms with van der Waals surface area (Å²) >= 11 is 0. The van der Waals surface area contributed by atoms with Gasteiger partial charge in [0.15, 0.2) is 0 Å². The van der Waals surface area contributed by atoms with Crippen LogP contribution in [0.1, 0.15) is 42.5 Å². The second-order valence-electron chi connectivity index (χ2n) is 5.55. The van der Waals surface area contributed by atoms with E-state index in [1.807, 2.05) is 0 Å². The molecule has 1 heterocycles. The van der Waals surface area contributed by atoms with Gasteiger partial charge in [0.05, 0.1) is 19.3 Å². The highest BCUT2D eigenvalue weighted by atomic mass is 16.5. The first kappa shape index (κ1) is 17.1. The van der Waals surface area contributed by atoms with E-state index in [0.717, 1.165) is 31.4 Å². The smallest absolute Gasteiger partial charge is 0.337 e. The van der Waals surface area contributed by atoms with Crippen LogP contribution in [-0.2, 0) is 14.3 Å². The number of hydrogen-bond donors (Lipinski definition) is 0. The van der Waals surface area contributed by atoms with Crippen molar-refractivity contribution in [1.29, 1.82) is 0 Å². The molecule has 0 radical (unpaired) electrons. The molecular formula is C18H22O5. The van der Waals surface area contributed by atoms with E-state index in [9.17, 15) is 9.59 Å². The average molecular weight is 318 g/mol. The highest BCUT2D eigenvalue weighted by molar-refractivity contribution is 5.90. The zero-order valence-electron chi connectivity index (χ0n) is 13.4. The first-order valence-electron chi connectivity index (χ1n) is 7.80. The lowest BCUT2D eigenvalue weighted by atomic mass is 10.1. The summed E-state index contributed by atoms with van der Waals surface area (Å²) in [6.45, 7) is 4.30. The molecule has 1 fully saturated rings. The molecule has 5 heteroatoms. The molecule has 1 saturated heterocycles. The number of ether oxygens (including phenoxy) is 3. The maximum atomic E-state index is 11.3. The van der Waals surface area contributed by atoms with Crippen LogP contribution in [0.2, 0.25) is 0 Å². The maximum absolute atomic E-state index is 11.3. The lowest BCUT2D eigenvalue weighted by molar-refractivity contribution is -0.139. The van der Waals surface area contributed by atoms with Crippen LogP contribution < -0.4 is 4.74 Å². The van der Waals surface area contributed by atoms with Gasteiger partial charge in [-0.15, -0.1) is 0 Å². The molecule has 124 valence electrons. The summed E-state index contributed by atoms with van der Waals surface area (Å²) in [5, 5.41) is 0. The van der Waals surface area contributed by atoms with Crippen LogP contribution in [0, 0.1) is 0 Å². The number of unbranched alkanes of at least 4 members (excludes halogenated alkanes) is 2. The van der Waals surface area contributed by atoms with Gasteiger partial charge >= 0.3 is 11.9 Å². The zero-order chi connectivity index (χ0) is 16.7. The van der Waals surface area contributed by atoms with E-state index in [1.165, 1.54) is 7.11 Å². The minimum Gasteiger partial charge on any atom is -0.494 e. The van der Waals surface area contributed by atoms with Crippen molar-refractivity contribution in [2.75, 3.05) is 13.7 Å². The van der Waals surface area contributed by atoms with Crippen LogP contribution >= 0.6 is 0 Å². The van der Waals surface area contributed by atoms with E-state index >= 15 is 0 Å². The van der Waals surface area contributed by atoms with Gasteiger partial charge in [-0.25, -0.2) is 9.59 Å². The fourth-order valence-electron chi connectivity index (χ4n) is 2.44. The van der Waals surface area contributed by atoms with E-state index in [1.54, 1.807) is 24.3 Å². The van der Waals surface area contributed by atoms with Crippen molar-refractivity contribution < 1.29 is 23.8 Å². The molecule has 1 aliphatic heterocycles. The molecule has 5 nitrogen and oxygen atoms in total. The maximum Gasteiger partial charge on any atom is 0.337 e. The third-order valence-corrected chi connectivity index (χ3v) is 3.75. The van der Waals surface area contributed by atoms with Crippen LogP contribution in [0.25, 0.3) is 0 Å². The van der Waals surface area contributed by atoms with E-state index in [2.05, 4.69) is 11.3 Å². The Morgan fingerprint density at radius 1 is 1.26 bits per heavy atom. The van der Waals surface area contributed by atoms with Crippen molar-refractivity contribution in [3.05, 3.63) is 42.0 Å². The van der Waals surface area contributed by atoms with Crippen molar-refractivity contribution >= 4 is 11.9 Å². The third kappa shape index (κ3) is 5.13. The highest BCUT2D eigenvalue weighted by Gasteiger charge is 2.26. The number of benzene rings is 1. The van der Waals surface area contributed by atoms with Crippen molar-refractivity contribution in [2.24, 2.45) is 0 Å². The number of methoxy groups -OCH3 is 1. The molecule has 1 unspecified atom stereocenters. The number of carbonyl (C=O) groups is 2. The molecule has 0 aromatic heterocycles. The highest BCUT2D eigenvalue weighted by Crippen LogP contribution is 2.23. The van der Waals surface area contributed by atoms with E-state index in [4.69, 9.17) is 9.47 Å². The minimum atomic E-state index is -0.355. The second-order valence-corrected chi connectivity index (χ2v) is 5.55. The molecule has 0 N–H and O–H groups in total. The van der Waals surface area contributed by atoms with Crippen LogP contribution in [0.4, 0.5) is 0 Å². The summed E-state index contributed by atoms with van der Waals surface area (Å²) in [6, 6.07) is 6.89. The second kappa shape index (κ2) is 8.36. The van der Waals surface area contributed by atoms with Crippen molar-refractivity contribution in [3.8, 4) is 5.75 Å². The average Bonchev–Trinajstić information content (AvgIpc) is 2.88. The van der Waals surface area contributed by atoms with Crippen molar-refractivity contribution in [3.63, 3.8) is 0 Å². The van der Waals surface area contributed by atoms with Crippen molar-refractivity contribution in [1.82, 2.24) is 0 Å². The topological polar surface area (TPSA) is 61.8 Å². The molecule has 0 spiro atoms. The lowest BCUT2D eigenvalue weighted by Crippen LogP contribution is -2.06. The summed E-state index contributed by atoms with van der Waals surface area (Å²) in [7, 11) is 1.36. The molecular weight excluding hydrogens is 296 g/mol. The Hall–Kier alpha value is -2.30. The van der Waals surface area contributed by atoms with Crippen molar-refractivity contribution in [2.45, 2.75) is 38.2 Å². The quantitative estimate of drug-likeness (QED) is 0.418. The zero-order valence-corrected chi connectivity index (χ0v) is 13.4. The number of hydrogen-bond acceptors (Lipinski definition) is 5. The molecule has 1 atom stereocenters. The molecule has 1 aromatic carbocycles. The summed E-state index contributed by atoms with van der Waals surface area (Å²) in [4.78, 5) is 22.5. The van der Waals surface area contributed by atoms with Crippen LogP contribution in [0.15, 0.2) is 36.4 Å². The Kier molecular flexibility index (Phi) is 6.20. The SMILES string of the molecule is C=C1CC(CCCCCOc2ccc(C(=O)OC)cc2)OC1=O. The van der Waals surface area contributed by atoms with Crippen LogP contribution in [-0.4, -0.2) is 31.8 Å². The van der Waals surface area contributed by atoms with Gasteiger partial charge < -0.3 is 14.2 Å². The monoisotopic (exact) mass is 318 g/mol. The number of carbonyl (C=O) groups excluding carboxylic acids is 2. The van der Waals surface area contributed by atoms with E-state index in [-0.39, 0.29) is 18.0 Å². The van der Waals surface area contributed by atoms with Gasteiger partial charge in [-0.3, -0.25) is 0 Å². The Morgan fingerprint density at radius 3 is 2.61 bits per heavy atom. The Morgan fingerprint density at radius 2 is 2.00 bits per heavy atom. The number of cyclic esters (lactones) is 1. The van der Waals surface area contributed by atoms with Crippen LogP contribution in [0.5, 0.6) is 5.75 Å². The van der Waals surface area contributed by atoms with Gasteiger partial charge in [0.1, 0.15) is 11.9 Å². The fraction of sp³-hybridized carbons (Fsp3) is 0.444. The Bertz CT molecular complexity index is 545. The van der Waals surface area contributed by atoms with Gasteiger partial charge in [0.2, 0.25) is 0 Å². The molecule has 0 saturated carbocycles. The summed E-state index contributed by atoms with van der Waals surface area (Å²) < 4.78 is 15.5. The first-order valence-corrected chi connectivity index (χ1v) is 7.80. The molecule has 23 heavy (non-hydrogen) atoms. The van der Waals surface area contributed by atoms with Gasteiger partial charge in [-0.2, -0.15) is 0 Å². The normalized spacial score (nSPS) is 17.0. The molecule has 0 amide bonds. The number of esters is 2. The number of rotatable bonds is 8. The predicted molar refractivity (Wildman–Crippen MR) is 85.4 cm³/mol. The predicted octanol–water partition coefficient (Wildman–Crippen LogP) is 3.28. The van der Waals surface area contributed by atoms with Crippen LogP contribution in [0.3, 0.4) is 0 Å². The summed E-state index contributed by atoms with van der Waals surface area (Å²) in [5.41, 5.74) is 1.08.